The lowest BCUT2D eigenvalue weighted by atomic mass is 9.57. The molecule has 2 spiro atoms. The summed E-state index contributed by atoms with van der Waals surface area (Å²) < 4.78 is 52.7. The van der Waals surface area contributed by atoms with Crippen LogP contribution in [0, 0.1) is 22.5 Å². The lowest BCUT2D eigenvalue weighted by molar-refractivity contribution is -0.240. The number of aliphatic hydroxyl groups excluding tert-OH is 1. The molecule has 4 N–H and O–H groups in total. The number of ketones is 1. The van der Waals surface area contributed by atoms with Crippen molar-refractivity contribution in [1.29, 1.82) is 0 Å². The second-order valence-electron chi connectivity index (χ2n) is 17.4. The van der Waals surface area contributed by atoms with Gasteiger partial charge >= 0.3 is 0 Å². The maximum absolute atomic E-state index is 13.4. The molecule has 4 aliphatic carbocycles. The van der Waals surface area contributed by atoms with Gasteiger partial charge in [0.1, 0.15) is 11.6 Å². The predicted molar refractivity (Wildman–Crippen MR) is 249 cm³/mol. The molecular weight excluding hydrogens is 850 g/mol. The normalized spacial score (nSPS) is 23.9. The molecule has 0 radical (unpaired) electrons. The van der Waals surface area contributed by atoms with Crippen LogP contribution in [0.5, 0.6) is 0 Å². The van der Waals surface area contributed by atoms with Crippen molar-refractivity contribution in [2.45, 2.75) is 75.8 Å². The SMILES string of the molecule is Cl.Fc1ccc(-n2ncc3c2C=C2CCCC4(OCCO4)C2(Cc2ccccc2)C3)cc1.NNc1ccc(F)cc1.O=C1C=C2CCCC3(OCCO3)C2(Cc2ccccc2)C/C1=C/O.[HH]. The van der Waals surface area contributed by atoms with Crippen LogP contribution in [0.3, 0.4) is 0 Å². The second-order valence-corrected chi connectivity index (χ2v) is 17.4. The van der Waals surface area contributed by atoms with Crippen molar-refractivity contribution in [1.82, 2.24) is 9.78 Å². The summed E-state index contributed by atoms with van der Waals surface area (Å²) in [5, 5.41) is 14.2. The van der Waals surface area contributed by atoms with E-state index in [1.807, 2.05) is 29.1 Å². The zero-order valence-electron chi connectivity index (χ0n) is 36.2. The molecule has 2 aliphatic heterocycles. The van der Waals surface area contributed by atoms with Crippen LogP contribution in [0.15, 0.2) is 144 Å². The zero-order valence-corrected chi connectivity index (χ0v) is 37.0. The highest BCUT2D eigenvalue weighted by atomic mass is 35.5. The number of benzene rings is 4. The van der Waals surface area contributed by atoms with Gasteiger partial charge in [-0.15, -0.1) is 12.4 Å². The molecule has 2 saturated heterocycles. The lowest BCUT2D eigenvalue weighted by Crippen LogP contribution is -2.56. The Bertz CT molecular complexity index is 2530. The van der Waals surface area contributed by atoms with Gasteiger partial charge in [0.05, 0.1) is 61.1 Å². The first-order valence-electron chi connectivity index (χ1n) is 22.2. The number of anilines is 1. The quantitative estimate of drug-likeness (QED) is 0.0660. The van der Waals surface area contributed by atoms with E-state index in [4.69, 9.17) is 24.8 Å². The number of rotatable bonds is 6. The highest BCUT2D eigenvalue weighted by Crippen LogP contribution is 2.60. The summed E-state index contributed by atoms with van der Waals surface area (Å²) in [6, 6.07) is 33.2. The van der Waals surface area contributed by atoms with Crippen LogP contribution in [-0.4, -0.2) is 58.7 Å². The van der Waals surface area contributed by atoms with E-state index in [1.165, 1.54) is 46.5 Å². The van der Waals surface area contributed by atoms with E-state index >= 15 is 0 Å². The predicted octanol–water partition coefficient (Wildman–Crippen LogP) is 10.4. The fourth-order valence-corrected chi connectivity index (χ4v) is 10.9. The second kappa shape index (κ2) is 19.6. The van der Waals surface area contributed by atoms with Crippen molar-refractivity contribution in [3.05, 3.63) is 178 Å². The first-order valence-corrected chi connectivity index (χ1v) is 22.2. The number of nitrogen functional groups attached to an aromatic ring is 1. The van der Waals surface area contributed by atoms with Crippen molar-refractivity contribution in [3.8, 4) is 5.69 Å². The number of nitrogens with zero attached hydrogens (tertiary/aromatic N) is 2. The van der Waals surface area contributed by atoms with Gasteiger partial charge in [0.2, 0.25) is 0 Å². The molecule has 1 aromatic heterocycles. The molecule has 4 aromatic carbocycles. The Hall–Kier alpha value is -5.47. The molecule has 5 aromatic rings. The largest absolute Gasteiger partial charge is 0.515 e. The maximum Gasteiger partial charge on any atom is 0.184 e. The number of halogens is 3. The molecule has 11 rings (SSSR count). The molecule has 2 saturated carbocycles. The topological polar surface area (TPSA) is 130 Å². The van der Waals surface area contributed by atoms with Gasteiger partial charge in [-0.1, -0.05) is 71.8 Å². The number of nitrogens with two attached hydrogens (primary N) is 1. The minimum absolute atomic E-state index is 0. The third kappa shape index (κ3) is 8.83. The Kier molecular flexibility index (Phi) is 13.9. The minimum atomic E-state index is -0.693. The Morgan fingerprint density at radius 3 is 1.71 bits per heavy atom. The fourth-order valence-electron chi connectivity index (χ4n) is 10.9. The van der Waals surface area contributed by atoms with Crippen LogP contribution in [0.2, 0.25) is 0 Å². The van der Waals surface area contributed by atoms with Crippen LogP contribution >= 0.6 is 12.4 Å². The molecule has 3 heterocycles. The van der Waals surface area contributed by atoms with E-state index < -0.39 is 17.0 Å². The van der Waals surface area contributed by atoms with Crippen LogP contribution in [0.4, 0.5) is 14.5 Å². The Labute approximate surface area is 386 Å². The zero-order chi connectivity index (χ0) is 44.2. The first kappa shape index (κ1) is 46.1. The van der Waals surface area contributed by atoms with Gasteiger partial charge < -0.3 is 29.5 Å². The van der Waals surface area contributed by atoms with E-state index in [1.54, 1.807) is 30.3 Å². The first-order chi connectivity index (χ1) is 31.2. The van der Waals surface area contributed by atoms with Gasteiger partial charge in [-0.05, 0) is 129 Å². The number of aliphatic hydroxyl groups is 1. The summed E-state index contributed by atoms with van der Waals surface area (Å²) >= 11 is 0. The molecule has 65 heavy (non-hydrogen) atoms. The molecule has 2 atom stereocenters. The number of fused-ring (bicyclic) bond motifs is 5. The highest BCUT2D eigenvalue weighted by molar-refractivity contribution is 6.05. The summed E-state index contributed by atoms with van der Waals surface area (Å²) in [5.41, 5.74) is 11.0. The fraction of sp³-hybridized carbons (Fsp3) is 0.346. The molecule has 0 amide bonds. The standard InChI is InChI=1S/C26H25FN2O2.C20H22O4.C6H7FN2.ClH.H2/c27-22-8-10-23(11-9-22)29-24-15-21-7-4-12-26(30-13-14-31-26)25(21,17-20(24)18-28-29)16-19-5-2-1-3-6-19;21-14-16-13-19(12-15-5-2-1-3-6-15)17(11-18(16)22)7-4-8-20(19)23-9-10-24-20;7-5-1-3-6(9-8)4-2-5;;/h1-3,5-6,8-11,15,18H,4,7,12-14,16-17H2;1-3,5-6,11,14,21H,4,7-10,12-13H2;1-4,9H,8H2;2*1H/b;16-14-;;;. The van der Waals surface area contributed by atoms with E-state index in [-0.39, 0.29) is 36.7 Å². The summed E-state index contributed by atoms with van der Waals surface area (Å²) in [6.45, 7) is 2.45. The number of hydrogen-bond acceptors (Lipinski definition) is 9. The van der Waals surface area contributed by atoms with E-state index in [0.717, 1.165) is 81.0 Å². The number of allylic oxidation sites excluding steroid dienone is 2. The number of hydrazine groups is 1. The minimum Gasteiger partial charge on any atom is -0.515 e. The van der Waals surface area contributed by atoms with Crippen LogP contribution in [0.25, 0.3) is 11.8 Å². The summed E-state index contributed by atoms with van der Waals surface area (Å²) in [5.74, 6) is 3.17. The van der Waals surface area contributed by atoms with Gasteiger partial charge in [0, 0.05) is 25.5 Å². The summed E-state index contributed by atoms with van der Waals surface area (Å²) in [6.07, 6.45) is 15.5. The van der Waals surface area contributed by atoms with Gasteiger partial charge in [0.25, 0.3) is 0 Å². The van der Waals surface area contributed by atoms with Gasteiger partial charge in [0.15, 0.2) is 17.4 Å². The maximum atomic E-state index is 13.4. The van der Waals surface area contributed by atoms with Crippen LogP contribution < -0.4 is 11.3 Å². The van der Waals surface area contributed by atoms with Gasteiger partial charge in [-0.3, -0.25) is 10.6 Å². The smallest absolute Gasteiger partial charge is 0.184 e. The molecular formula is C52H57ClF2N4O6. The number of hydrogen-bond donors (Lipinski definition) is 3. The monoisotopic (exact) mass is 906 g/mol. The lowest BCUT2D eigenvalue weighted by Gasteiger charge is -2.53. The molecule has 4 fully saturated rings. The number of ether oxygens (including phenoxy) is 4. The van der Waals surface area contributed by atoms with Crippen molar-refractivity contribution in [3.63, 3.8) is 0 Å². The number of carbonyl (C=O) groups is 1. The summed E-state index contributed by atoms with van der Waals surface area (Å²) in [4.78, 5) is 12.3. The van der Waals surface area contributed by atoms with Crippen molar-refractivity contribution in [2.24, 2.45) is 16.7 Å². The van der Waals surface area contributed by atoms with Gasteiger partial charge in [-0.2, -0.15) is 5.10 Å². The van der Waals surface area contributed by atoms with E-state index in [0.29, 0.717) is 44.1 Å². The Morgan fingerprint density at radius 1 is 0.708 bits per heavy atom. The Morgan fingerprint density at radius 2 is 1.20 bits per heavy atom. The highest BCUT2D eigenvalue weighted by Gasteiger charge is 2.62. The molecule has 342 valence electrons. The summed E-state index contributed by atoms with van der Waals surface area (Å²) in [7, 11) is 0. The van der Waals surface area contributed by atoms with E-state index in [2.05, 4.69) is 59.1 Å². The number of nitrogens with one attached hydrogen (secondary N) is 1. The van der Waals surface area contributed by atoms with Crippen molar-refractivity contribution < 1.29 is 39.1 Å². The average Bonchev–Trinajstić information content (AvgIpc) is 4.10. The Balaban J connectivity index is 0.000000165. The number of aromatic nitrogens is 2. The molecule has 6 aliphatic rings. The van der Waals surface area contributed by atoms with Crippen molar-refractivity contribution in [2.75, 3.05) is 31.9 Å². The molecule has 10 nitrogen and oxygen atoms in total. The third-order valence-corrected chi connectivity index (χ3v) is 13.8. The van der Waals surface area contributed by atoms with Crippen molar-refractivity contribution >= 4 is 30.0 Å². The molecule has 2 unspecified atom stereocenters. The molecule has 13 heteroatoms. The van der Waals surface area contributed by atoms with Crippen LogP contribution in [-0.2, 0) is 43.0 Å². The van der Waals surface area contributed by atoms with E-state index in [9.17, 15) is 18.7 Å². The number of carbonyl (C=O) groups excluding carboxylic acids is 1. The van der Waals surface area contributed by atoms with Crippen LogP contribution in [0.1, 0.15) is 68.8 Å². The molecule has 0 bridgehead atoms. The third-order valence-electron chi connectivity index (χ3n) is 13.8. The van der Waals surface area contributed by atoms with Gasteiger partial charge in [-0.25, -0.2) is 13.5 Å². The average molecular weight is 907 g/mol.